The first-order valence-electron chi connectivity index (χ1n) is 8.54. The summed E-state index contributed by atoms with van der Waals surface area (Å²) in [5.41, 5.74) is 0.713. The molecule has 3 amide bonds. The van der Waals surface area contributed by atoms with Crippen LogP contribution in [0.1, 0.15) is 6.42 Å². The molecule has 0 aromatic heterocycles. The minimum absolute atomic E-state index is 0.0102. The third-order valence-corrected chi connectivity index (χ3v) is 5.55. The number of rotatable bonds is 4. The predicted molar refractivity (Wildman–Crippen MR) is 95.8 cm³/mol. The van der Waals surface area contributed by atoms with E-state index in [4.69, 9.17) is 9.47 Å². The molecule has 2 fully saturated rings. The van der Waals surface area contributed by atoms with Crippen molar-refractivity contribution in [3.05, 3.63) is 18.2 Å². The van der Waals surface area contributed by atoms with Crippen molar-refractivity contribution in [3.8, 4) is 11.5 Å². The highest BCUT2D eigenvalue weighted by molar-refractivity contribution is 8.14. The molecule has 3 aliphatic heterocycles. The third-order valence-electron chi connectivity index (χ3n) is 4.54. The Morgan fingerprint density at radius 2 is 2.00 bits per heavy atom. The fourth-order valence-electron chi connectivity index (χ4n) is 3.21. The average Bonchev–Trinajstić information content (AvgIpc) is 3.21. The molecule has 1 N–H and O–H groups in total. The maximum Gasteiger partial charge on any atom is 0.325 e. The van der Waals surface area contributed by atoms with Gasteiger partial charge in [0.2, 0.25) is 11.0 Å². The van der Waals surface area contributed by atoms with Crippen LogP contribution in [0.2, 0.25) is 0 Å². The molecule has 0 saturated carbocycles. The van der Waals surface area contributed by atoms with E-state index >= 15 is 0 Å². The number of urea groups is 1. The molecule has 3 heterocycles. The van der Waals surface area contributed by atoms with Crippen molar-refractivity contribution < 1.29 is 23.9 Å². The Morgan fingerprint density at radius 1 is 1.19 bits per heavy atom. The van der Waals surface area contributed by atoms with Gasteiger partial charge in [-0.25, -0.2) is 4.79 Å². The zero-order chi connectivity index (χ0) is 18.1. The standard InChI is InChI=1S/C17H19N3O5S/c21-15(18-12-3-8-26-16(12)22)10-19-4-5-20(17(19)23)11-1-2-13-14(9-11)25-7-6-24-13/h1-2,9,12H,3-8,10H2,(H,18,21). The smallest absolute Gasteiger partial charge is 0.325 e. The first kappa shape index (κ1) is 17.0. The van der Waals surface area contributed by atoms with Crippen molar-refractivity contribution in [1.29, 1.82) is 0 Å². The van der Waals surface area contributed by atoms with E-state index in [1.165, 1.54) is 16.7 Å². The molecule has 0 aliphatic carbocycles. The number of nitrogens with one attached hydrogen (secondary N) is 1. The molecule has 1 aromatic rings. The number of thioether (sulfide) groups is 1. The normalized spacial score (nSPS) is 22.1. The number of fused-ring (bicyclic) bond motifs is 1. The summed E-state index contributed by atoms with van der Waals surface area (Å²) in [4.78, 5) is 39.5. The lowest BCUT2D eigenvalue weighted by Crippen LogP contribution is -2.44. The average molecular weight is 377 g/mol. The van der Waals surface area contributed by atoms with Crippen LogP contribution in [0, 0.1) is 0 Å². The van der Waals surface area contributed by atoms with Gasteiger partial charge in [-0.3, -0.25) is 14.5 Å². The van der Waals surface area contributed by atoms with Crippen LogP contribution in [0.5, 0.6) is 11.5 Å². The monoisotopic (exact) mass is 377 g/mol. The summed E-state index contributed by atoms with van der Waals surface area (Å²) >= 11 is 1.23. The number of ether oxygens (including phenoxy) is 2. The number of carbonyl (C=O) groups is 3. The molecule has 0 bridgehead atoms. The van der Waals surface area contributed by atoms with Crippen LogP contribution >= 0.6 is 11.8 Å². The highest BCUT2D eigenvalue weighted by atomic mass is 32.2. The molecule has 138 valence electrons. The van der Waals surface area contributed by atoms with Crippen LogP contribution in [0.4, 0.5) is 10.5 Å². The number of hydrogen-bond donors (Lipinski definition) is 1. The molecule has 2 saturated heterocycles. The first-order chi connectivity index (χ1) is 12.6. The van der Waals surface area contributed by atoms with E-state index in [9.17, 15) is 14.4 Å². The maximum absolute atomic E-state index is 12.6. The van der Waals surface area contributed by atoms with Crippen LogP contribution in [-0.2, 0) is 9.59 Å². The minimum atomic E-state index is -0.431. The summed E-state index contributed by atoms with van der Waals surface area (Å²) in [5.74, 6) is 1.71. The molecule has 1 aromatic carbocycles. The lowest BCUT2D eigenvalue weighted by Gasteiger charge is -2.22. The molecular formula is C17H19N3O5S. The predicted octanol–water partition coefficient (Wildman–Crippen LogP) is 0.848. The molecular weight excluding hydrogens is 358 g/mol. The molecule has 9 heteroatoms. The van der Waals surface area contributed by atoms with Gasteiger partial charge < -0.3 is 19.7 Å². The zero-order valence-electron chi connectivity index (χ0n) is 14.1. The van der Waals surface area contributed by atoms with E-state index in [-0.39, 0.29) is 23.6 Å². The van der Waals surface area contributed by atoms with Gasteiger partial charge >= 0.3 is 6.03 Å². The number of benzene rings is 1. The number of nitrogens with zero attached hydrogens (tertiary/aromatic N) is 2. The first-order valence-corrected chi connectivity index (χ1v) is 9.52. The van der Waals surface area contributed by atoms with Crippen LogP contribution in [0.3, 0.4) is 0 Å². The van der Waals surface area contributed by atoms with E-state index in [0.29, 0.717) is 49.9 Å². The van der Waals surface area contributed by atoms with Crippen LogP contribution in [-0.4, -0.2) is 66.6 Å². The quantitative estimate of drug-likeness (QED) is 0.837. The second kappa shape index (κ2) is 7.06. The van der Waals surface area contributed by atoms with Crippen molar-refractivity contribution in [1.82, 2.24) is 10.2 Å². The van der Waals surface area contributed by atoms with Gasteiger partial charge in [0, 0.05) is 30.6 Å². The lowest BCUT2D eigenvalue weighted by molar-refractivity contribution is -0.124. The van der Waals surface area contributed by atoms with Crippen LogP contribution in [0.15, 0.2) is 18.2 Å². The molecule has 26 heavy (non-hydrogen) atoms. The molecule has 0 spiro atoms. The van der Waals surface area contributed by atoms with E-state index in [1.807, 2.05) is 6.07 Å². The Labute approximate surface area is 154 Å². The molecule has 1 atom stereocenters. The summed E-state index contributed by atoms with van der Waals surface area (Å²) in [7, 11) is 0. The minimum Gasteiger partial charge on any atom is -0.486 e. The Bertz CT molecular complexity index is 756. The third kappa shape index (κ3) is 3.31. The maximum atomic E-state index is 12.6. The SMILES string of the molecule is O=C(CN1CCN(c2ccc3c(c2)OCCO3)C1=O)NC1CCSC1=O. The molecule has 8 nitrogen and oxygen atoms in total. The fraction of sp³-hybridized carbons (Fsp3) is 0.471. The van der Waals surface area contributed by atoms with E-state index in [1.54, 1.807) is 17.0 Å². The second-order valence-corrected chi connectivity index (χ2v) is 7.36. The van der Waals surface area contributed by atoms with Gasteiger partial charge in [0.1, 0.15) is 19.8 Å². The van der Waals surface area contributed by atoms with Gasteiger partial charge in [-0.1, -0.05) is 11.8 Å². The zero-order valence-corrected chi connectivity index (χ0v) is 14.9. The van der Waals surface area contributed by atoms with Crippen molar-refractivity contribution in [3.63, 3.8) is 0 Å². The van der Waals surface area contributed by atoms with Gasteiger partial charge in [-0.2, -0.15) is 0 Å². The number of hydrogen-bond acceptors (Lipinski definition) is 6. The van der Waals surface area contributed by atoms with Gasteiger partial charge in [0.15, 0.2) is 11.5 Å². The van der Waals surface area contributed by atoms with Crippen LogP contribution < -0.4 is 19.7 Å². The highest BCUT2D eigenvalue weighted by Gasteiger charge is 2.33. The topological polar surface area (TPSA) is 88.2 Å². The van der Waals surface area contributed by atoms with Crippen molar-refractivity contribution in [2.75, 3.05) is 43.5 Å². The number of carbonyl (C=O) groups excluding carboxylic acids is 3. The Kier molecular flexibility index (Phi) is 4.62. The number of amides is 3. The van der Waals surface area contributed by atoms with E-state index in [0.717, 1.165) is 5.75 Å². The Balaban J connectivity index is 1.38. The van der Waals surface area contributed by atoms with Gasteiger partial charge in [0.25, 0.3) is 0 Å². The fourth-order valence-corrected chi connectivity index (χ4v) is 4.14. The lowest BCUT2D eigenvalue weighted by atomic mass is 10.2. The van der Waals surface area contributed by atoms with Crippen molar-refractivity contribution in [2.45, 2.75) is 12.5 Å². The molecule has 4 rings (SSSR count). The highest BCUT2D eigenvalue weighted by Crippen LogP contribution is 2.35. The Hall–Kier alpha value is -2.42. The van der Waals surface area contributed by atoms with Crippen molar-refractivity contribution >= 4 is 34.5 Å². The van der Waals surface area contributed by atoms with Gasteiger partial charge in [0.05, 0.1) is 6.04 Å². The summed E-state index contributed by atoms with van der Waals surface area (Å²) in [6.45, 7) is 1.89. The molecule has 3 aliphatic rings. The van der Waals surface area contributed by atoms with Crippen LogP contribution in [0.25, 0.3) is 0 Å². The largest absolute Gasteiger partial charge is 0.486 e. The molecule has 1 unspecified atom stereocenters. The Morgan fingerprint density at radius 3 is 2.77 bits per heavy atom. The summed E-state index contributed by atoms with van der Waals surface area (Å²) < 4.78 is 11.1. The number of anilines is 1. The van der Waals surface area contributed by atoms with Gasteiger partial charge in [-0.15, -0.1) is 0 Å². The summed E-state index contributed by atoms with van der Waals surface area (Å²) in [6, 6.07) is 4.71. The van der Waals surface area contributed by atoms with Crippen molar-refractivity contribution in [2.24, 2.45) is 0 Å². The molecule has 0 radical (unpaired) electrons. The van der Waals surface area contributed by atoms with Gasteiger partial charge in [-0.05, 0) is 18.6 Å². The van der Waals surface area contributed by atoms with E-state index < -0.39 is 6.04 Å². The summed E-state index contributed by atoms with van der Waals surface area (Å²) in [6.07, 6.45) is 0.645. The van der Waals surface area contributed by atoms with E-state index in [2.05, 4.69) is 5.32 Å². The second-order valence-electron chi connectivity index (χ2n) is 6.26. The summed E-state index contributed by atoms with van der Waals surface area (Å²) in [5, 5.41) is 2.70.